The standard InChI is InChI=1S/C18H13N5O2/c1-4-14(9-15(5-1)24-12-13-3-2-6-19-10-13)17-22-18(25-23-17)16-11-20-7-8-21-16/h1-11H,12H2. The first-order chi connectivity index (χ1) is 12.4. The number of rotatable bonds is 5. The van der Waals surface area contributed by atoms with Gasteiger partial charge in [0.25, 0.3) is 5.89 Å². The van der Waals surface area contributed by atoms with Crippen molar-refractivity contribution in [2.45, 2.75) is 6.61 Å². The predicted octanol–water partition coefficient (Wildman–Crippen LogP) is 3.17. The second-order valence-corrected chi connectivity index (χ2v) is 5.19. The van der Waals surface area contributed by atoms with Crippen LogP contribution in [0.1, 0.15) is 5.56 Å². The predicted molar refractivity (Wildman–Crippen MR) is 89.3 cm³/mol. The van der Waals surface area contributed by atoms with Crippen molar-refractivity contribution in [1.82, 2.24) is 25.1 Å². The molecule has 0 saturated heterocycles. The fourth-order valence-electron chi connectivity index (χ4n) is 2.23. The molecule has 0 N–H and O–H groups in total. The fourth-order valence-corrected chi connectivity index (χ4v) is 2.23. The molecule has 0 aliphatic carbocycles. The first-order valence-electron chi connectivity index (χ1n) is 7.61. The van der Waals surface area contributed by atoms with Crippen LogP contribution in [-0.4, -0.2) is 25.1 Å². The Morgan fingerprint density at radius 1 is 0.960 bits per heavy atom. The van der Waals surface area contributed by atoms with Gasteiger partial charge in [-0.2, -0.15) is 4.98 Å². The molecule has 0 fully saturated rings. The van der Waals surface area contributed by atoms with Crippen LogP contribution in [0, 0.1) is 0 Å². The molecule has 0 unspecified atom stereocenters. The summed E-state index contributed by atoms with van der Waals surface area (Å²) < 4.78 is 11.1. The van der Waals surface area contributed by atoms with E-state index in [0.717, 1.165) is 11.1 Å². The summed E-state index contributed by atoms with van der Waals surface area (Å²) >= 11 is 0. The highest BCUT2D eigenvalue weighted by atomic mass is 16.5. The molecule has 0 spiro atoms. The molecule has 0 aliphatic heterocycles. The van der Waals surface area contributed by atoms with Gasteiger partial charge in [0.2, 0.25) is 5.82 Å². The van der Waals surface area contributed by atoms with Crippen LogP contribution < -0.4 is 4.74 Å². The molecule has 122 valence electrons. The van der Waals surface area contributed by atoms with E-state index < -0.39 is 0 Å². The first kappa shape index (κ1) is 14.9. The summed E-state index contributed by atoms with van der Waals surface area (Å²) in [6.45, 7) is 0.439. The minimum Gasteiger partial charge on any atom is -0.489 e. The third-order valence-corrected chi connectivity index (χ3v) is 3.43. The van der Waals surface area contributed by atoms with E-state index in [9.17, 15) is 0 Å². The molecular formula is C18H13N5O2. The summed E-state index contributed by atoms with van der Waals surface area (Å²) in [6, 6.07) is 11.4. The van der Waals surface area contributed by atoms with E-state index in [2.05, 4.69) is 25.1 Å². The molecule has 0 atom stereocenters. The van der Waals surface area contributed by atoms with Crippen molar-refractivity contribution in [3.8, 4) is 28.7 Å². The summed E-state index contributed by atoms with van der Waals surface area (Å²) in [6.07, 6.45) is 8.24. The fraction of sp³-hybridized carbons (Fsp3) is 0.0556. The van der Waals surface area contributed by atoms with Crippen LogP contribution in [0.25, 0.3) is 23.0 Å². The van der Waals surface area contributed by atoms with Gasteiger partial charge in [-0.15, -0.1) is 0 Å². The molecular weight excluding hydrogens is 318 g/mol. The lowest BCUT2D eigenvalue weighted by atomic mass is 10.2. The quantitative estimate of drug-likeness (QED) is 0.555. The highest BCUT2D eigenvalue weighted by molar-refractivity contribution is 5.59. The smallest absolute Gasteiger partial charge is 0.278 e. The number of nitrogens with zero attached hydrogens (tertiary/aromatic N) is 5. The highest BCUT2D eigenvalue weighted by Gasteiger charge is 2.12. The zero-order valence-corrected chi connectivity index (χ0v) is 13.1. The normalized spacial score (nSPS) is 10.6. The summed E-state index contributed by atoms with van der Waals surface area (Å²) in [7, 11) is 0. The Bertz CT molecular complexity index is 957. The van der Waals surface area contributed by atoms with Gasteiger partial charge >= 0.3 is 0 Å². The summed E-state index contributed by atoms with van der Waals surface area (Å²) in [5.74, 6) is 1.50. The molecule has 7 heteroatoms. The third-order valence-electron chi connectivity index (χ3n) is 3.43. The van der Waals surface area contributed by atoms with E-state index >= 15 is 0 Å². The van der Waals surface area contributed by atoms with Crippen molar-refractivity contribution < 1.29 is 9.26 Å². The molecule has 7 nitrogen and oxygen atoms in total. The molecule has 1 aromatic carbocycles. The molecule has 3 aromatic heterocycles. The lowest BCUT2D eigenvalue weighted by Gasteiger charge is -2.06. The number of benzene rings is 1. The Kier molecular flexibility index (Phi) is 4.11. The van der Waals surface area contributed by atoms with Crippen LogP contribution in [0.4, 0.5) is 0 Å². The largest absolute Gasteiger partial charge is 0.489 e. The number of hydrogen-bond donors (Lipinski definition) is 0. The summed E-state index contributed by atoms with van der Waals surface area (Å²) in [5, 5.41) is 4.00. The third kappa shape index (κ3) is 3.50. The molecule has 0 aliphatic rings. The maximum atomic E-state index is 5.80. The van der Waals surface area contributed by atoms with Crippen LogP contribution in [-0.2, 0) is 6.61 Å². The Morgan fingerprint density at radius 3 is 2.76 bits per heavy atom. The molecule has 0 radical (unpaired) electrons. The van der Waals surface area contributed by atoms with Crippen molar-refractivity contribution in [3.05, 3.63) is 72.9 Å². The summed E-state index contributed by atoms with van der Waals surface area (Å²) in [5.41, 5.74) is 2.32. The average molecular weight is 331 g/mol. The van der Waals surface area contributed by atoms with Crippen LogP contribution >= 0.6 is 0 Å². The number of pyridine rings is 1. The summed E-state index contributed by atoms with van der Waals surface area (Å²) in [4.78, 5) is 16.6. The Balaban J connectivity index is 1.52. The first-order valence-corrected chi connectivity index (χ1v) is 7.61. The van der Waals surface area contributed by atoms with Gasteiger partial charge in [-0.05, 0) is 18.2 Å². The van der Waals surface area contributed by atoms with Gasteiger partial charge < -0.3 is 9.26 Å². The van der Waals surface area contributed by atoms with Crippen LogP contribution in [0.15, 0.2) is 71.9 Å². The van der Waals surface area contributed by atoms with Crippen molar-refractivity contribution in [3.63, 3.8) is 0 Å². The average Bonchev–Trinajstić information content (AvgIpc) is 3.18. The van der Waals surface area contributed by atoms with Gasteiger partial charge in [-0.25, -0.2) is 4.98 Å². The highest BCUT2D eigenvalue weighted by Crippen LogP contribution is 2.24. The molecule has 4 rings (SSSR count). The van der Waals surface area contributed by atoms with Gasteiger partial charge in [-0.3, -0.25) is 9.97 Å². The van der Waals surface area contributed by atoms with E-state index in [1.54, 1.807) is 31.0 Å². The van der Waals surface area contributed by atoms with Gasteiger partial charge in [0.15, 0.2) is 0 Å². The van der Waals surface area contributed by atoms with Gasteiger partial charge in [0.1, 0.15) is 18.1 Å². The monoisotopic (exact) mass is 331 g/mol. The minimum atomic E-state index is 0.324. The minimum absolute atomic E-state index is 0.324. The van der Waals surface area contributed by atoms with E-state index in [1.165, 1.54) is 0 Å². The van der Waals surface area contributed by atoms with E-state index in [1.807, 2.05) is 36.4 Å². The van der Waals surface area contributed by atoms with Crippen molar-refractivity contribution in [1.29, 1.82) is 0 Å². The van der Waals surface area contributed by atoms with Gasteiger partial charge in [-0.1, -0.05) is 23.4 Å². The maximum absolute atomic E-state index is 5.80. The van der Waals surface area contributed by atoms with E-state index in [0.29, 0.717) is 29.8 Å². The van der Waals surface area contributed by atoms with Gasteiger partial charge in [0.05, 0.1) is 6.20 Å². The lowest BCUT2D eigenvalue weighted by Crippen LogP contribution is -1.96. The zero-order valence-electron chi connectivity index (χ0n) is 13.1. The van der Waals surface area contributed by atoms with Crippen molar-refractivity contribution in [2.75, 3.05) is 0 Å². The molecule has 0 bridgehead atoms. The molecule has 25 heavy (non-hydrogen) atoms. The molecule has 0 amide bonds. The SMILES string of the molecule is c1cncc(COc2cccc(-c3noc(-c4cnccn4)n3)c2)c1. The molecule has 3 heterocycles. The molecule has 4 aromatic rings. The second kappa shape index (κ2) is 6.88. The number of hydrogen-bond acceptors (Lipinski definition) is 7. The van der Waals surface area contributed by atoms with Crippen LogP contribution in [0.3, 0.4) is 0 Å². The van der Waals surface area contributed by atoms with Gasteiger partial charge in [0, 0.05) is 35.9 Å². The topological polar surface area (TPSA) is 86.8 Å². The van der Waals surface area contributed by atoms with E-state index in [-0.39, 0.29) is 0 Å². The zero-order chi connectivity index (χ0) is 16.9. The Labute approximate surface area is 143 Å². The van der Waals surface area contributed by atoms with Crippen molar-refractivity contribution in [2.24, 2.45) is 0 Å². The lowest BCUT2D eigenvalue weighted by molar-refractivity contribution is 0.306. The Hall–Kier alpha value is -3.61. The van der Waals surface area contributed by atoms with E-state index in [4.69, 9.17) is 9.26 Å². The number of aromatic nitrogens is 5. The number of ether oxygens (including phenoxy) is 1. The second-order valence-electron chi connectivity index (χ2n) is 5.19. The van der Waals surface area contributed by atoms with Crippen molar-refractivity contribution >= 4 is 0 Å². The van der Waals surface area contributed by atoms with Crippen LogP contribution in [0.2, 0.25) is 0 Å². The maximum Gasteiger partial charge on any atom is 0.278 e. The Morgan fingerprint density at radius 2 is 1.92 bits per heavy atom. The van der Waals surface area contributed by atoms with Crippen LogP contribution in [0.5, 0.6) is 5.75 Å². The molecule has 0 saturated carbocycles.